The lowest BCUT2D eigenvalue weighted by atomic mass is 10.2. The van der Waals surface area contributed by atoms with Gasteiger partial charge in [0, 0.05) is 25.2 Å². The van der Waals surface area contributed by atoms with Crippen molar-refractivity contribution in [2.45, 2.75) is 18.4 Å². The van der Waals surface area contributed by atoms with Gasteiger partial charge in [0.2, 0.25) is 5.95 Å². The molecule has 2 fully saturated rings. The van der Waals surface area contributed by atoms with Crippen LogP contribution in [-0.4, -0.2) is 35.1 Å². The van der Waals surface area contributed by atoms with Gasteiger partial charge in [-0.1, -0.05) is 11.6 Å². The number of anilines is 1. The topological polar surface area (TPSA) is 41.1 Å². The second-order valence-corrected chi connectivity index (χ2v) is 4.77. The molecule has 1 saturated carbocycles. The molecule has 2 heterocycles. The minimum atomic E-state index is 0.362. The average molecular weight is 225 g/mol. The summed E-state index contributed by atoms with van der Waals surface area (Å²) in [5, 5.41) is 4.15. The largest absolute Gasteiger partial charge is 0.338 e. The van der Waals surface area contributed by atoms with E-state index in [2.05, 4.69) is 20.2 Å². The van der Waals surface area contributed by atoms with Crippen LogP contribution in [0.2, 0.25) is 5.02 Å². The molecular formula is C10H13ClN4. The third-order valence-corrected chi connectivity index (χ3v) is 3.31. The molecule has 5 heteroatoms. The Kier molecular flexibility index (Phi) is 2.07. The van der Waals surface area contributed by atoms with Gasteiger partial charge in [-0.3, -0.25) is 0 Å². The Morgan fingerprint density at radius 1 is 1.33 bits per heavy atom. The fraction of sp³-hybridized carbons (Fsp3) is 0.600. The first-order valence-corrected chi connectivity index (χ1v) is 5.63. The first-order valence-electron chi connectivity index (χ1n) is 5.25. The Bertz CT molecular complexity index is 360. The van der Waals surface area contributed by atoms with Gasteiger partial charge in [0.1, 0.15) is 0 Å². The number of nitrogens with zero attached hydrogens (tertiary/aromatic N) is 3. The van der Waals surface area contributed by atoms with Gasteiger partial charge in [0.05, 0.1) is 17.4 Å². The molecule has 0 atom stereocenters. The van der Waals surface area contributed by atoms with Gasteiger partial charge in [-0.25, -0.2) is 9.97 Å². The summed E-state index contributed by atoms with van der Waals surface area (Å²) in [5.74, 6) is 0.798. The van der Waals surface area contributed by atoms with E-state index in [1.54, 1.807) is 12.4 Å². The van der Waals surface area contributed by atoms with Crippen LogP contribution in [0.1, 0.15) is 12.8 Å². The van der Waals surface area contributed by atoms with E-state index in [0.717, 1.165) is 25.6 Å². The molecule has 15 heavy (non-hydrogen) atoms. The summed E-state index contributed by atoms with van der Waals surface area (Å²) < 4.78 is 0. The van der Waals surface area contributed by atoms with Crippen molar-refractivity contribution < 1.29 is 0 Å². The van der Waals surface area contributed by atoms with Crippen LogP contribution >= 0.6 is 11.6 Å². The summed E-state index contributed by atoms with van der Waals surface area (Å²) in [6.45, 7) is 3.02. The summed E-state index contributed by atoms with van der Waals surface area (Å²) in [5.41, 5.74) is 0.362. The van der Waals surface area contributed by atoms with Crippen molar-refractivity contribution in [3.63, 3.8) is 0 Å². The Labute approximate surface area is 93.7 Å². The summed E-state index contributed by atoms with van der Waals surface area (Å²) in [4.78, 5) is 10.7. The zero-order valence-corrected chi connectivity index (χ0v) is 9.17. The van der Waals surface area contributed by atoms with Crippen molar-refractivity contribution in [2.24, 2.45) is 0 Å². The first-order chi connectivity index (χ1) is 7.27. The predicted octanol–water partition coefficient (Wildman–Crippen LogP) is 1.07. The van der Waals surface area contributed by atoms with E-state index in [1.807, 2.05) is 0 Å². The van der Waals surface area contributed by atoms with E-state index in [9.17, 15) is 0 Å². The molecule has 0 radical (unpaired) electrons. The third-order valence-electron chi connectivity index (χ3n) is 3.12. The summed E-state index contributed by atoms with van der Waals surface area (Å²) in [7, 11) is 0. The van der Waals surface area contributed by atoms with Crippen LogP contribution in [0.15, 0.2) is 12.4 Å². The van der Waals surface area contributed by atoms with Crippen LogP contribution in [-0.2, 0) is 0 Å². The maximum absolute atomic E-state index is 5.76. The second kappa shape index (κ2) is 3.32. The van der Waals surface area contributed by atoms with E-state index >= 15 is 0 Å². The number of aromatic nitrogens is 2. The van der Waals surface area contributed by atoms with Crippen LogP contribution < -0.4 is 10.2 Å². The van der Waals surface area contributed by atoms with Crippen molar-refractivity contribution in [1.82, 2.24) is 15.3 Å². The molecule has 3 rings (SSSR count). The fourth-order valence-electron chi connectivity index (χ4n) is 2.08. The van der Waals surface area contributed by atoms with Gasteiger partial charge >= 0.3 is 0 Å². The lowest BCUT2D eigenvalue weighted by Gasteiger charge is -2.33. The minimum absolute atomic E-state index is 0.362. The number of halogens is 1. The zero-order chi connectivity index (χ0) is 10.3. The van der Waals surface area contributed by atoms with E-state index in [-0.39, 0.29) is 0 Å². The molecule has 0 amide bonds. The standard InChI is InChI=1S/C10H13ClN4/c11-8-5-12-9(13-6-8)15-4-3-14-10(7-15)1-2-10/h5-6,14H,1-4,7H2. The maximum Gasteiger partial charge on any atom is 0.225 e. The van der Waals surface area contributed by atoms with E-state index in [1.165, 1.54) is 12.8 Å². The number of rotatable bonds is 1. The van der Waals surface area contributed by atoms with Gasteiger partial charge in [-0.15, -0.1) is 0 Å². The molecule has 1 aromatic heterocycles. The number of hydrogen-bond acceptors (Lipinski definition) is 4. The van der Waals surface area contributed by atoms with Crippen molar-refractivity contribution in [3.05, 3.63) is 17.4 Å². The Hall–Kier alpha value is -0.870. The van der Waals surface area contributed by atoms with Gasteiger partial charge in [0.15, 0.2) is 0 Å². The van der Waals surface area contributed by atoms with Gasteiger partial charge in [0.25, 0.3) is 0 Å². The Balaban J connectivity index is 1.78. The lowest BCUT2D eigenvalue weighted by Crippen LogP contribution is -2.53. The SMILES string of the molecule is Clc1cnc(N2CCNC3(CC3)C2)nc1. The van der Waals surface area contributed by atoms with Crippen LogP contribution in [0.25, 0.3) is 0 Å². The molecule has 4 nitrogen and oxygen atoms in total. The highest BCUT2D eigenvalue weighted by Gasteiger charge is 2.45. The molecule has 80 valence electrons. The number of nitrogens with one attached hydrogen (secondary N) is 1. The van der Waals surface area contributed by atoms with E-state index in [0.29, 0.717) is 10.6 Å². The maximum atomic E-state index is 5.76. The average Bonchev–Trinajstić information content (AvgIpc) is 2.99. The van der Waals surface area contributed by atoms with Crippen molar-refractivity contribution >= 4 is 17.5 Å². The summed E-state index contributed by atoms with van der Waals surface area (Å²) in [6.07, 6.45) is 5.87. The highest BCUT2D eigenvalue weighted by Crippen LogP contribution is 2.38. The number of hydrogen-bond donors (Lipinski definition) is 1. The second-order valence-electron chi connectivity index (χ2n) is 4.33. The highest BCUT2D eigenvalue weighted by atomic mass is 35.5. The monoisotopic (exact) mass is 224 g/mol. The molecule has 1 spiro atoms. The predicted molar refractivity (Wildman–Crippen MR) is 59.2 cm³/mol. The molecule has 1 aliphatic heterocycles. The fourth-order valence-corrected chi connectivity index (χ4v) is 2.18. The quantitative estimate of drug-likeness (QED) is 0.775. The molecule has 2 aliphatic rings. The van der Waals surface area contributed by atoms with Crippen LogP contribution in [0.3, 0.4) is 0 Å². The van der Waals surface area contributed by atoms with Gasteiger partial charge in [-0.05, 0) is 12.8 Å². The molecule has 0 unspecified atom stereocenters. The van der Waals surface area contributed by atoms with Crippen LogP contribution in [0, 0.1) is 0 Å². The third kappa shape index (κ3) is 1.79. The minimum Gasteiger partial charge on any atom is -0.338 e. The lowest BCUT2D eigenvalue weighted by molar-refractivity contribution is 0.438. The normalized spacial score (nSPS) is 23.1. The van der Waals surface area contributed by atoms with Gasteiger partial charge < -0.3 is 10.2 Å². The summed E-state index contributed by atoms with van der Waals surface area (Å²) >= 11 is 5.76. The van der Waals surface area contributed by atoms with E-state index in [4.69, 9.17) is 11.6 Å². The molecule has 1 aliphatic carbocycles. The van der Waals surface area contributed by atoms with Crippen LogP contribution in [0.4, 0.5) is 5.95 Å². The van der Waals surface area contributed by atoms with Crippen molar-refractivity contribution in [3.8, 4) is 0 Å². The zero-order valence-electron chi connectivity index (χ0n) is 8.41. The molecule has 1 saturated heterocycles. The van der Waals surface area contributed by atoms with Crippen LogP contribution in [0.5, 0.6) is 0 Å². The van der Waals surface area contributed by atoms with Crippen molar-refractivity contribution in [2.75, 3.05) is 24.5 Å². The highest BCUT2D eigenvalue weighted by molar-refractivity contribution is 6.30. The molecule has 0 bridgehead atoms. The molecule has 1 aromatic rings. The molecule has 0 aromatic carbocycles. The summed E-state index contributed by atoms with van der Waals surface area (Å²) in [6, 6.07) is 0. The van der Waals surface area contributed by atoms with Crippen molar-refractivity contribution in [1.29, 1.82) is 0 Å². The molecule has 1 N–H and O–H groups in total. The number of piperazine rings is 1. The van der Waals surface area contributed by atoms with E-state index < -0.39 is 0 Å². The first kappa shape index (κ1) is 9.36. The molecular weight excluding hydrogens is 212 g/mol. The smallest absolute Gasteiger partial charge is 0.225 e. The van der Waals surface area contributed by atoms with Gasteiger partial charge in [-0.2, -0.15) is 0 Å². The Morgan fingerprint density at radius 3 is 2.73 bits per heavy atom. The Morgan fingerprint density at radius 2 is 2.07 bits per heavy atom.